The number of amidine groups is 1. The van der Waals surface area contributed by atoms with Crippen LogP contribution < -0.4 is 20.8 Å². The summed E-state index contributed by atoms with van der Waals surface area (Å²) in [4.78, 5) is 17.5. The monoisotopic (exact) mass is 698 g/mol. The number of nitrogens with zero attached hydrogens (tertiary/aromatic N) is 3. The minimum absolute atomic E-state index is 0.00450. The van der Waals surface area contributed by atoms with Gasteiger partial charge in [-0.3, -0.25) is 0 Å². The number of aromatic nitrogens is 2. The van der Waals surface area contributed by atoms with Crippen molar-refractivity contribution in [3.05, 3.63) is 52.3 Å². The lowest BCUT2D eigenvalue weighted by Gasteiger charge is -2.36. The first kappa shape index (κ1) is 34.8. The Morgan fingerprint density at radius 3 is 2.47 bits per heavy atom. The highest BCUT2D eigenvalue weighted by molar-refractivity contribution is 9.10. The molecule has 3 aromatic rings. The number of nitrogens with one attached hydrogen (secondary N) is 2. The molecule has 0 bridgehead atoms. The van der Waals surface area contributed by atoms with Crippen molar-refractivity contribution >= 4 is 53.1 Å². The highest BCUT2D eigenvalue weighted by Gasteiger charge is 2.39. The van der Waals surface area contributed by atoms with Gasteiger partial charge in [0.05, 0.1) is 28.7 Å². The first-order valence-corrected chi connectivity index (χ1v) is 19.8. The van der Waals surface area contributed by atoms with Crippen molar-refractivity contribution in [1.29, 1.82) is 0 Å². The molecule has 4 rings (SSSR count). The molecule has 9 nitrogen and oxygen atoms in total. The Morgan fingerprint density at radius 1 is 1.13 bits per heavy atom. The van der Waals surface area contributed by atoms with Crippen LogP contribution in [0.25, 0.3) is 5.52 Å². The Kier molecular flexibility index (Phi) is 10.6. The molecule has 0 spiro atoms. The maximum Gasteiger partial charge on any atom is 0.407 e. The lowest BCUT2D eigenvalue weighted by atomic mass is 10.0. The summed E-state index contributed by atoms with van der Waals surface area (Å²) in [6.45, 7) is 19.0. The van der Waals surface area contributed by atoms with Gasteiger partial charge in [-0.15, -0.1) is 0 Å². The lowest BCUT2D eigenvalue weighted by Crippen LogP contribution is -2.43. The number of amides is 1. The van der Waals surface area contributed by atoms with Crippen LogP contribution in [0.4, 0.5) is 16.2 Å². The van der Waals surface area contributed by atoms with E-state index in [1.807, 2.05) is 49.7 Å². The van der Waals surface area contributed by atoms with Crippen LogP contribution in [-0.4, -0.2) is 47.5 Å². The number of aryl methyl sites for hydroxylation is 1. The van der Waals surface area contributed by atoms with Crippen molar-refractivity contribution in [1.82, 2.24) is 14.9 Å². The number of hydrogen-bond acceptors (Lipinski definition) is 6. The van der Waals surface area contributed by atoms with Gasteiger partial charge in [0.25, 0.3) is 0 Å². The van der Waals surface area contributed by atoms with Crippen molar-refractivity contribution in [2.24, 2.45) is 10.7 Å². The predicted molar refractivity (Wildman–Crippen MR) is 191 cm³/mol. The third-order valence-corrected chi connectivity index (χ3v) is 13.5. The minimum Gasteiger partial charge on any atom is -0.543 e. The number of fused-ring (bicyclic) bond motifs is 1. The third-order valence-electron chi connectivity index (χ3n) is 8.73. The molecule has 2 heterocycles. The zero-order chi connectivity index (χ0) is 33.2. The maximum atomic E-state index is 12.6. The third kappa shape index (κ3) is 9.03. The molecule has 1 amide bonds. The Hall–Kier alpha value is -3.05. The van der Waals surface area contributed by atoms with Crippen molar-refractivity contribution in [3.63, 3.8) is 0 Å². The van der Waals surface area contributed by atoms with E-state index in [0.29, 0.717) is 5.84 Å². The summed E-state index contributed by atoms with van der Waals surface area (Å²) in [5.74, 6) is 1.26. The SMILES string of the molecule is CCc1cc(O[Si](C)(C)C(C)(C)C)ccc1N=C(N)c1cnn2cc(Br)cc2c1NC1CCCCC(NC(=O)OC(C)(C)C)C1. The van der Waals surface area contributed by atoms with E-state index in [1.165, 1.54) is 0 Å². The highest BCUT2D eigenvalue weighted by Crippen LogP contribution is 2.38. The summed E-state index contributed by atoms with van der Waals surface area (Å²) in [7, 11) is -1.98. The fraction of sp³-hybridized carbons (Fsp3) is 0.559. The number of ether oxygens (including phenoxy) is 1. The van der Waals surface area contributed by atoms with Gasteiger partial charge in [0.2, 0.25) is 8.32 Å². The summed E-state index contributed by atoms with van der Waals surface area (Å²) >= 11 is 3.61. The molecule has 1 aliphatic rings. The van der Waals surface area contributed by atoms with Crippen LogP contribution in [0.2, 0.25) is 18.1 Å². The quantitative estimate of drug-likeness (QED) is 0.0938. The van der Waals surface area contributed by atoms with Gasteiger partial charge in [-0.25, -0.2) is 14.3 Å². The first-order chi connectivity index (χ1) is 21.0. The largest absolute Gasteiger partial charge is 0.543 e. The molecule has 0 saturated heterocycles. The van der Waals surface area contributed by atoms with E-state index in [-0.39, 0.29) is 23.2 Å². The van der Waals surface area contributed by atoms with Crippen LogP contribution in [-0.2, 0) is 11.2 Å². The minimum atomic E-state index is -1.98. The fourth-order valence-corrected chi connectivity index (χ4v) is 6.76. The number of anilines is 1. The predicted octanol–water partition coefficient (Wildman–Crippen LogP) is 8.72. The fourth-order valence-electron chi connectivity index (χ4n) is 5.33. The second-order valence-electron chi connectivity index (χ2n) is 14.6. The highest BCUT2D eigenvalue weighted by atomic mass is 79.9. The molecule has 1 fully saturated rings. The maximum absolute atomic E-state index is 12.6. The van der Waals surface area contributed by atoms with E-state index in [2.05, 4.69) is 78.5 Å². The summed E-state index contributed by atoms with van der Waals surface area (Å²) in [5.41, 5.74) is 10.6. The second kappa shape index (κ2) is 13.7. The molecule has 0 aliphatic heterocycles. The van der Waals surface area contributed by atoms with Crippen LogP contribution in [0.3, 0.4) is 0 Å². The topological polar surface area (TPSA) is 115 Å². The van der Waals surface area contributed by atoms with Gasteiger partial charge in [-0.05, 0) is 110 Å². The van der Waals surface area contributed by atoms with Crippen LogP contribution in [0.5, 0.6) is 5.75 Å². The molecule has 0 radical (unpaired) electrons. The van der Waals surface area contributed by atoms with E-state index < -0.39 is 13.9 Å². The summed E-state index contributed by atoms with van der Waals surface area (Å²) in [6.07, 6.45) is 8.84. The number of aliphatic imine (C=N–C) groups is 1. The number of carbonyl (C=O) groups is 1. The smallest absolute Gasteiger partial charge is 0.407 e. The van der Waals surface area contributed by atoms with Gasteiger partial charge in [0.1, 0.15) is 17.2 Å². The Balaban J connectivity index is 1.64. The molecule has 246 valence electrons. The van der Waals surface area contributed by atoms with E-state index >= 15 is 0 Å². The summed E-state index contributed by atoms with van der Waals surface area (Å²) in [5, 5.41) is 11.6. The average Bonchev–Trinajstić information content (AvgIpc) is 3.16. The van der Waals surface area contributed by atoms with Gasteiger partial charge >= 0.3 is 6.09 Å². The van der Waals surface area contributed by atoms with Gasteiger partial charge < -0.3 is 25.5 Å². The van der Waals surface area contributed by atoms with Crippen molar-refractivity contribution in [2.45, 2.75) is 123 Å². The number of benzene rings is 1. The van der Waals surface area contributed by atoms with Gasteiger partial charge in [0.15, 0.2) is 0 Å². The van der Waals surface area contributed by atoms with E-state index in [1.54, 1.807) is 6.20 Å². The Labute approximate surface area is 278 Å². The van der Waals surface area contributed by atoms with Gasteiger partial charge in [-0.1, -0.05) is 40.5 Å². The van der Waals surface area contributed by atoms with Crippen LogP contribution in [0, 0.1) is 0 Å². The summed E-state index contributed by atoms with van der Waals surface area (Å²) in [6, 6.07) is 8.24. The number of alkyl carbamates (subject to hydrolysis) is 1. The molecule has 1 aromatic carbocycles. The van der Waals surface area contributed by atoms with E-state index in [4.69, 9.17) is 19.9 Å². The standard InChI is InChI=1S/C34H51BrN6O3Si/c1-10-22-17-26(44-45(8,9)34(5,6)7)15-16-28(22)40-31(36)27-20-37-41-21-23(35)18-29(41)30(27)38-24-13-11-12-14-25(19-24)39-32(42)43-33(2,3)4/h15-18,20-21,24-25,38H,10-14,19H2,1-9H3,(H2,36,40)(H,39,42). The summed E-state index contributed by atoms with van der Waals surface area (Å²) < 4.78 is 14.9. The molecule has 2 unspecified atom stereocenters. The second-order valence-corrected chi connectivity index (χ2v) is 20.3. The van der Waals surface area contributed by atoms with Crippen molar-refractivity contribution in [2.75, 3.05) is 5.32 Å². The van der Waals surface area contributed by atoms with Crippen molar-refractivity contribution < 1.29 is 14.0 Å². The molecule has 11 heteroatoms. The van der Waals surface area contributed by atoms with Crippen LogP contribution in [0.1, 0.15) is 91.7 Å². The molecule has 2 aromatic heterocycles. The number of carbonyl (C=O) groups excluding carboxylic acids is 1. The number of nitrogens with two attached hydrogens (primary N) is 1. The first-order valence-electron chi connectivity index (χ1n) is 16.0. The molecule has 45 heavy (non-hydrogen) atoms. The Bertz CT molecular complexity index is 1540. The normalized spacial score (nSPS) is 18.4. The van der Waals surface area contributed by atoms with E-state index in [9.17, 15) is 4.79 Å². The van der Waals surface area contributed by atoms with Crippen molar-refractivity contribution in [3.8, 4) is 5.75 Å². The number of hydrogen-bond donors (Lipinski definition) is 3. The van der Waals surface area contributed by atoms with Gasteiger partial charge in [-0.2, -0.15) is 5.10 Å². The zero-order valence-corrected chi connectivity index (χ0v) is 31.0. The molecular formula is C34H51BrN6O3Si. The molecule has 1 aliphatic carbocycles. The average molecular weight is 700 g/mol. The molecule has 2 atom stereocenters. The number of rotatable bonds is 8. The van der Waals surface area contributed by atoms with E-state index in [0.717, 1.165) is 76.8 Å². The zero-order valence-electron chi connectivity index (χ0n) is 28.4. The molecule has 4 N–H and O–H groups in total. The molecule has 1 saturated carbocycles. The molecular weight excluding hydrogens is 648 g/mol. The van der Waals surface area contributed by atoms with Gasteiger partial charge in [0, 0.05) is 22.8 Å². The van der Waals surface area contributed by atoms with Crippen LogP contribution >= 0.6 is 15.9 Å². The lowest BCUT2D eigenvalue weighted by molar-refractivity contribution is 0.0499. The van der Waals surface area contributed by atoms with Crippen LogP contribution in [0.15, 0.2) is 46.1 Å². The number of halogens is 1. The Morgan fingerprint density at radius 2 is 1.82 bits per heavy atom.